The Hall–Kier alpha value is -2.37. The molecule has 1 saturated heterocycles. The lowest BCUT2D eigenvalue weighted by Gasteiger charge is -2.26. The Morgan fingerprint density at radius 2 is 1.79 bits per heavy atom. The average molecular weight is 397 g/mol. The summed E-state index contributed by atoms with van der Waals surface area (Å²) >= 11 is 0. The molecule has 1 heterocycles. The lowest BCUT2D eigenvalue weighted by molar-refractivity contribution is -0.128. The molecule has 5 nitrogen and oxygen atoms in total. The predicted octanol–water partition coefficient (Wildman–Crippen LogP) is 3.56. The van der Waals surface area contributed by atoms with Crippen molar-refractivity contribution in [3.63, 3.8) is 0 Å². The third-order valence-electron chi connectivity index (χ3n) is 5.24. The molecule has 1 atom stereocenters. The van der Waals surface area contributed by atoms with Crippen LogP contribution in [0.4, 0.5) is 0 Å². The number of morpholine rings is 1. The molecule has 0 aliphatic carbocycles. The molecule has 2 aromatic rings. The number of amides is 1. The minimum Gasteiger partial charge on any atom is -0.481 e. The highest BCUT2D eigenvalue weighted by Gasteiger charge is 2.18. The SMILES string of the molecule is CCc1ccc(OC(CC)C(=O)NCc2cccc(CN3CCOCC3)c2)cc1. The van der Waals surface area contributed by atoms with E-state index in [1.807, 2.05) is 37.3 Å². The van der Waals surface area contributed by atoms with Crippen LogP contribution in [0.15, 0.2) is 48.5 Å². The maximum Gasteiger partial charge on any atom is 0.261 e. The average Bonchev–Trinajstić information content (AvgIpc) is 2.77. The lowest BCUT2D eigenvalue weighted by atomic mass is 10.1. The number of rotatable bonds is 9. The van der Waals surface area contributed by atoms with Gasteiger partial charge in [-0.1, -0.05) is 50.2 Å². The van der Waals surface area contributed by atoms with Gasteiger partial charge in [0.1, 0.15) is 5.75 Å². The second kappa shape index (κ2) is 11.0. The number of nitrogens with zero attached hydrogens (tertiary/aromatic N) is 1. The van der Waals surface area contributed by atoms with Crippen LogP contribution < -0.4 is 10.1 Å². The van der Waals surface area contributed by atoms with Crippen molar-refractivity contribution < 1.29 is 14.3 Å². The Labute approximate surface area is 174 Å². The zero-order valence-corrected chi connectivity index (χ0v) is 17.5. The normalized spacial score (nSPS) is 15.7. The van der Waals surface area contributed by atoms with Gasteiger partial charge < -0.3 is 14.8 Å². The molecular weight excluding hydrogens is 364 g/mol. The lowest BCUT2D eigenvalue weighted by Crippen LogP contribution is -2.37. The van der Waals surface area contributed by atoms with Gasteiger partial charge in [0.15, 0.2) is 6.10 Å². The number of ether oxygens (including phenoxy) is 2. The number of carbonyl (C=O) groups excluding carboxylic acids is 1. The van der Waals surface area contributed by atoms with Crippen molar-refractivity contribution in [3.05, 3.63) is 65.2 Å². The summed E-state index contributed by atoms with van der Waals surface area (Å²) in [5.41, 5.74) is 3.62. The maximum absolute atomic E-state index is 12.6. The number of aryl methyl sites for hydroxylation is 1. The molecular formula is C24H32N2O3. The van der Waals surface area contributed by atoms with Crippen LogP contribution in [0.25, 0.3) is 0 Å². The summed E-state index contributed by atoms with van der Waals surface area (Å²) in [6.07, 6.45) is 1.13. The van der Waals surface area contributed by atoms with Gasteiger partial charge in [0.05, 0.1) is 13.2 Å². The second-order valence-electron chi connectivity index (χ2n) is 7.44. The first kappa shape index (κ1) is 21.3. The third kappa shape index (κ3) is 6.58. The highest BCUT2D eigenvalue weighted by Crippen LogP contribution is 2.16. The Morgan fingerprint density at radius 1 is 1.07 bits per heavy atom. The fourth-order valence-electron chi connectivity index (χ4n) is 3.45. The van der Waals surface area contributed by atoms with Gasteiger partial charge in [0.25, 0.3) is 5.91 Å². The van der Waals surface area contributed by atoms with Crippen molar-refractivity contribution in [1.29, 1.82) is 0 Å². The highest BCUT2D eigenvalue weighted by molar-refractivity contribution is 5.81. The fourth-order valence-corrected chi connectivity index (χ4v) is 3.45. The standard InChI is InChI=1S/C24H32N2O3/c1-3-19-8-10-22(11-9-19)29-23(4-2)24(27)25-17-20-6-5-7-21(16-20)18-26-12-14-28-15-13-26/h5-11,16,23H,3-4,12-15,17-18H2,1-2H3,(H,25,27). The monoisotopic (exact) mass is 396 g/mol. The van der Waals surface area contributed by atoms with Crippen molar-refractivity contribution >= 4 is 5.91 Å². The van der Waals surface area contributed by atoms with Gasteiger partial charge in [-0.15, -0.1) is 0 Å². The second-order valence-corrected chi connectivity index (χ2v) is 7.44. The Kier molecular flexibility index (Phi) is 8.08. The smallest absolute Gasteiger partial charge is 0.261 e. The van der Waals surface area contributed by atoms with Crippen molar-refractivity contribution in [1.82, 2.24) is 10.2 Å². The van der Waals surface area contributed by atoms with E-state index in [9.17, 15) is 4.79 Å². The van der Waals surface area contributed by atoms with E-state index in [4.69, 9.17) is 9.47 Å². The van der Waals surface area contributed by atoms with Gasteiger partial charge in [-0.05, 0) is 41.7 Å². The van der Waals surface area contributed by atoms with Gasteiger partial charge >= 0.3 is 0 Å². The van der Waals surface area contributed by atoms with Gasteiger partial charge in [-0.3, -0.25) is 9.69 Å². The maximum atomic E-state index is 12.6. The molecule has 1 unspecified atom stereocenters. The molecule has 1 fully saturated rings. The van der Waals surface area contributed by atoms with E-state index in [2.05, 4.69) is 35.3 Å². The zero-order valence-electron chi connectivity index (χ0n) is 17.5. The van der Waals surface area contributed by atoms with Crippen LogP contribution >= 0.6 is 0 Å². The molecule has 2 aromatic carbocycles. The van der Waals surface area contributed by atoms with Gasteiger partial charge in [-0.25, -0.2) is 0 Å². The van der Waals surface area contributed by atoms with E-state index >= 15 is 0 Å². The minimum absolute atomic E-state index is 0.0781. The van der Waals surface area contributed by atoms with E-state index in [1.54, 1.807) is 0 Å². The number of benzene rings is 2. The van der Waals surface area contributed by atoms with Crippen LogP contribution in [-0.4, -0.2) is 43.2 Å². The number of hydrogen-bond donors (Lipinski definition) is 1. The predicted molar refractivity (Wildman–Crippen MR) is 115 cm³/mol. The molecule has 0 bridgehead atoms. The van der Waals surface area contributed by atoms with Crippen LogP contribution in [0, 0.1) is 0 Å². The summed E-state index contributed by atoms with van der Waals surface area (Å²) in [5.74, 6) is 0.655. The van der Waals surface area contributed by atoms with E-state index in [0.717, 1.165) is 50.6 Å². The van der Waals surface area contributed by atoms with Gasteiger partial charge in [-0.2, -0.15) is 0 Å². The molecule has 0 radical (unpaired) electrons. The van der Waals surface area contributed by atoms with Crippen LogP contribution in [0.1, 0.15) is 37.0 Å². The van der Waals surface area contributed by atoms with Crippen molar-refractivity contribution in [2.75, 3.05) is 26.3 Å². The summed E-state index contributed by atoms with van der Waals surface area (Å²) < 4.78 is 11.3. The van der Waals surface area contributed by atoms with E-state index in [1.165, 1.54) is 11.1 Å². The number of hydrogen-bond acceptors (Lipinski definition) is 4. The van der Waals surface area contributed by atoms with Crippen LogP contribution in [0.5, 0.6) is 5.75 Å². The first-order valence-corrected chi connectivity index (χ1v) is 10.6. The summed E-state index contributed by atoms with van der Waals surface area (Å²) in [4.78, 5) is 15.0. The quantitative estimate of drug-likeness (QED) is 0.704. The van der Waals surface area contributed by atoms with Gasteiger partial charge in [0.2, 0.25) is 0 Å². The fraction of sp³-hybridized carbons (Fsp3) is 0.458. The topological polar surface area (TPSA) is 50.8 Å². The van der Waals surface area contributed by atoms with Crippen molar-refractivity contribution in [2.45, 2.75) is 45.9 Å². The highest BCUT2D eigenvalue weighted by atomic mass is 16.5. The first-order chi connectivity index (χ1) is 14.2. The molecule has 29 heavy (non-hydrogen) atoms. The van der Waals surface area contributed by atoms with Gasteiger partial charge in [0, 0.05) is 26.2 Å². The molecule has 5 heteroatoms. The largest absolute Gasteiger partial charge is 0.481 e. The molecule has 1 aliphatic rings. The summed E-state index contributed by atoms with van der Waals surface area (Å²) in [7, 11) is 0. The zero-order chi connectivity index (χ0) is 20.5. The van der Waals surface area contributed by atoms with E-state index in [0.29, 0.717) is 13.0 Å². The number of nitrogens with one attached hydrogen (secondary N) is 1. The molecule has 1 amide bonds. The Balaban J connectivity index is 1.52. The molecule has 1 aliphatic heterocycles. The van der Waals surface area contributed by atoms with Crippen molar-refractivity contribution in [3.8, 4) is 5.75 Å². The van der Waals surface area contributed by atoms with Crippen molar-refractivity contribution in [2.24, 2.45) is 0 Å². The van der Waals surface area contributed by atoms with Crippen LogP contribution in [-0.2, 0) is 29.0 Å². The summed E-state index contributed by atoms with van der Waals surface area (Å²) in [6.45, 7) is 9.04. The summed E-state index contributed by atoms with van der Waals surface area (Å²) in [5, 5.41) is 3.03. The number of carbonyl (C=O) groups is 1. The van der Waals surface area contributed by atoms with E-state index < -0.39 is 6.10 Å². The molecule has 0 spiro atoms. The molecule has 3 rings (SSSR count). The van der Waals surface area contributed by atoms with Crippen LogP contribution in [0.2, 0.25) is 0 Å². The molecule has 1 N–H and O–H groups in total. The first-order valence-electron chi connectivity index (χ1n) is 10.6. The summed E-state index contributed by atoms with van der Waals surface area (Å²) in [6, 6.07) is 16.4. The third-order valence-corrected chi connectivity index (χ3v) is 5.24. The minimum atomic E-state index is -0.487. The Bertz CT molecular complexity index is 770. The van der Waals surface area contributed by atoms with E-state index in [-0.39, 0.29) is 5.91 Å². The Morgan fingerprint density at radius 3 is 2.48 bits per heavy atom. The molecule has 0 aromatic heterocycles. The van der Waals surface area contributed by atoms with Crippen LogP contribution in [0.3, 0.4) is 0 Å². The molecule has 0 saturated carbocycles. The molecule has 156 valence electrons.